The fourth-order valence-corrected chi connectivity index (χ4v) is 0.956. The largest absolute Gasteiger partial charge is 0.573 e. The van der Waals surface area contributed by atoms with Crippen LogP contribution in [0.1, 0.15) is 12.5 Å². The Kier molecular flexibility index (Phi) is 3.18. The zero-order chi connectivity index (χ0) is 11.5. The van der Waals surface area contributed by atoms with Crippen molar-refractivity contribution in [2.24, 2.45) is 5.16 Å². The summed E-state index contributed by atoms with van der Waals surface area (Å²) in [7, 11) is 0. The van der Waals surface area contributed by atoms with Crippen molar-refractivity contribution in [2.45, 2.75) is 13.3 Å². The molecule has 0 saturated carbocycles. The Morgan fingerprint density at radius 1 is 1.27 bits per heavy atom. The van der Waals surface area contributed by atoms with Crippen molar-refractivity contribution in [3.63, 3.8) is 0 Å². The second kappa shape index (κ2) is 4.20. The number of ether oxygens (including phenoxy) is 1. The molecule has 0 unspecified atom stereocenters. The summed E-state index contributed by atoms with van der Waals surface area (Å²) >= 11 is 0. The van der Waals surface area contributed by atoms with E-state index >= 15 is 0 Å². The number of halogens is 3. The van der Waals surface area contributed by atoms with Gasteiger partial charge in [0.15, 0.2) is 0 Å². The predicted octanol–water partition coefficient (Wildman–Crippen LogP) is 2.78. The highest BCUT2D eigenvalue weighted by atomic mass is 19.4. The zero-order valence-electron chi connectivity index (χ0n) is 7.75. The molecule has 0 bridgehead atoms. The van der Waals surface area contributed by atoms with Crippen LogP contribution < -0.4 is 4.74 Å². The molecule has 0 aliphatic heterocycles. The van der Waals surface area contributed by atoms with E-state index in [2.05, 4.69) is 9.89 Å². The number of hydrogen-bond donors (Lipinski definition) is 1. The lowest BCUT2D eigenvalue weighted by Crippen LogP contribution is -2.17. The average molecular weight is 219 g/mol. The minimum atomic E-state index is -4.69. The first-order valence-electron chi connectivity index (χ1n) is 3.97. The van der Waals surface area contributed by atoms with E-state index in [9.17, 15) is 13.2 Å². The first kappa shape index (κ1) is 11.4. The smallest absolute Gasteiger partial charge is 0.411 e. The van der Waals surface area contributed by atoms with E-state index in [-0.39, 0.29) is 5.75 Å². The third-order valence-corrected chi connectivity index (χ3v) is 1.66. The van der Waals surface area contributed by atoms with E-state index in [0.717, 1.165) is 12.1 Å². The fraction of sp³-hybridized carbons (Fsp3) is 0.222. The Morgan fingerprint density at radius 2 is 1.80 bits per heavy atom. The lowest BCUT2D eigenvalue weighted by Gasteiger charge is -2.08. The second-order valence-corrected chi connectivity index (χ2v) is 2.76. The Balaban J connectivity index is 2.82. The maximum absolute atomic E-state index is 11.8. The van der Waals surface area contributed by atoms with Gasteiger partial charge in [-0.2, -0.15) is 0 Å². The lowest BCUT2D eigenvalue weighted by molar-refractivity contribution is -0.274. The molecule has 6 heteroatoms. The van der Waals surface area contributed by atoms with Crippen molar-refractivity contribution < 1.29 is 23.1 Å². The molecule has 0 aromatic heterocycles. The van der Waals surface area contributed by atoms with E-state index in [1.165, 1.54) is 19.1 Å². The van der Waals surface area contributed by atoms with Gasteiger partial charge in [0.25, 0.3) is 0 Å². The highest BCUT2D eigenvalue weighted by molar-refractivity contribution is 5.98. The van der Waals surface area contributed by atoms with Crippen molar-refractivity contribution in [1.29, 1.82) is 0 Å². The molecule has 1 N–H and O–H groups in total. The zero-order valence-corrected chi connectivity index (χ0v) is 7.75. The summed E-state index contributed by atoms with van der Waals surface area (Å²) in [6.45, 7) is 1.53. The summed E-state index contributed by atoms with van der Waals surface area (Å²) in [4.78, 5) is 0. The van der Waals surface area contributed by atoms with Crippen molar-refractivity contribution in [2.75, 3.05) is 0 Å². The quantitative estimate of drug-likeness (QED) is 0.472. The molecule has 15 heavy (non-hydrogen) atoms. The summed E-state index contributed by atoms with van der Waals surface area (Å²) < 4.78 is 39.0. The van der Waals surface area contributed by atoms with Gasteiger partial charge in [-0.3, -0.25) is 0 Å². The van der Waals surface area contributed by atoms with Crippen LogP contribution in [0.5, 0.6) is 5.75 Å². The SMILES string of the molecule is C/C(=N/O)c1ccc(OC(F)(F)F)cc1. The fourth-order valence-electron chi connectivity index (χ4n) is 0.956. The molecule has 0 aliphatic carbocycles. The van der Waals surface area contributed by atoms with Crippen molar-refractivity contribution >= 4 is 5.71 Å². The van der Waals surface area contributed by atoms with Crippen LogP contribution in [0.2, 0.25) is 0 Å². The van der Waals surface area contributed by atoms with Gasteiger partial charge in [0.1, 0.15) is 5.75 Å². The van der Waals surface area contributed by atoms with Gasteiger partial charge in [0.05, 0.1) is 5.71 Å². The lowest BCUT2D eigenvalue weighted by atomic mass is 10.1. The van der Waals surface area contributed by atoms with Gasteiger partial charge >= 0.3 is 6.36 Å². The third-order valence-electron chi connectivity index (χ3n) is 1.66. The van der Waals surface area contributed by atoms with Crippen molar-refractivity contribution in [3.05, 3.63) is 29.8 Å². The predicted molar refractivity (Wildman–Crippen MR) is 47.1 cm³/mol. The molecular weight excluding hydrogens is 211 g/mol. The summed E-state index contributed by atoms with van der Waals surface area (Å²) in [6, 6.07) is 5.04. The van der Waals surface area contributed by atoms with Crippen molar-refractivity contribution in [1.82, 2.24) is 0 Å². The van der Waals surface area contributed by atoms with E-state index in [1.54, 1.807) is 0 Å². The van der Waals surface area contributed by atoms with Crippen LogP contribution in [0.3, 0.4) is 0 Å². The van der Waals surface area contributed by atoms with Gasteiger partial charge in [-0.1, -0.05) is 5.16 Å². The van der Waals surface area contributed by atoms with Gasteiger partial charge in [-0.05, 0) is 36.8 Å². The molecule has 0 amide bonds. The molecule has 0 radical (unpaired) electrons. The van der Waals surface area contributed by atoms with Crippen LogP contribution >= 0.6 is 0 Å². The van der Waals surface area contributed by atoms with Crippen molar-refractivity contribution in [3.8, 4) is 5.75 Å². The first-order valence-corrected chi connectivity index (χ1v) is 3.97. The monoisotopic (exact) mass is 219 g/mol. The van der Waals surface area contributed by atoms with Gasteiger partial charge in [-0.15, -0.1) is 13.2 Å². The Hall–Kier alpha value is -1.72. The number of hydrogen-bond acceptors (Lipinski definition) is 3. The Labute approximate surface area is 83.8 Å². The molecule has 82 valence electrons. The molecule has 1 rings (SSSR count). The normalized spacial score (nSPS) is 12.7. The summed E-state index contributed by atoms with van der Waals surface area (Å²) in [5, 5.41) is 11.3. The molecule has 0 saturated heterocycles. The molecule has 1 aromatic rings. The summed E-state index contributed by atoms with van der Waals surface area (Å²) in [6.07, 6.45) is -4.69. The minimum absolute atomic E-state index is 0.308. The number of benzene rings is 1. The van der Waals surface area contributed by atoms with Crippen LogP contribution in [0.25, 0.3) is 0 Å². The molecule has 0 fully saturated rings. The van der Waals surface area contributed by atoms with Crippen LogP contribution in [-0.4, -0.2) is 17.3 Å². The highest BCUT2D eigenvalue weighted by Crippen LogP contribution is 2.22. The van der Waals surface area contributed by atoms with E-state index < -0.39 is 6.36 Å². The van der Waals surface area contributed by atoms with Crippen LogP contribution in [-0.2, 0) is 0 Å². The maximum atomic E-state index is 11.8. The van der Waals surface area contributed by atoms with Gasteiger partial charge in [0, 0.05) is 0 Å². The molecule has 3 nitrogen and oxygen atoms in total. The molecular formula is C9H8F3NO2. The van der Waals surface area contributed by atoms with Gasteiger partial charge in [-0.25, -0.2) is 0 Å². The number of oxime groups is 1. The summed E-state index contributed by atoms with van der Waals surface area (Å²) in [5.41, 5.74) is 0.834. The van der Waals surface area contributed by atoms with Crippen LogP contribution in [0, 0.1) is 0 Å². The Morgan fingerprint density at radius 3 is 2.20 bits per heavy atom. The number of nitrogens with zero attached hydrogens (tertiary/aromatic N) is 1. The van der Waals surface area contributed by atoms with Gasteiger partial charge < -0.3 is 9.94 Å². The second-order valence-electron chi connectivity index (χ2n) is 2.76. The molecule has 0 atom stereocenters. The van der Waals surface area contributed by atoms with E-state index in [0.29, 0.717) is 11.3 Å². The van der Waals surface area contributed by atoms with Gasteiger partial charge in [0.2, 0.25) is 0 Å². The van der Waals surface area contributed by atoms with Crippen LogP contribution in [0.4, 0.5) is 13.2 Å². The molecule has 0 spiro atoms. The summed E-state index contributed by atoms with van der Waals surface area (Å²) in [5.74, 6) is -0.308. The maximum Gasteiger partial charge on any atom is 0.573 e. The number of alkyl halides is 3. The minimum Gasteiger partial charge on any atom is -0.411 e. The average Bonchev–Trinajstić information content (AvgIpc) is 2.15. The molecule has 1 aromatic carbocycles. The topological polar surface area (TPSA) is 41.8 Å². The molecule has 0 heterocycles. The van der Waals surface area contributed by atoms with Crippen LogP contribution in [0.15, 0.2) is 29.4 Å². The highest BCUT2D eigenvalue weighted by Gasteiger charge is 2.30. The van der Waals surface area contributed by atoms with E-state index in [4.69, 9.17) is 5.21 Å². The standard InChI is InChI=1S/C9H8F3NO2/c1-6(13-14)7-2-4-8(5-3-7)15-9(10,11)12/h2-5,14H,1H3/b13-6-. The molecule has 0 aliphatic rings. The third kappa shape index (κ3) is 3.49. The number of rotatable bonds is 2. The van der Waals surface area contributed by atoms with E-state index in [1.807, 2.05) is 0 Å². The first-order chi connectivity index (χ1) is 6.92. The Bertz CT molecular complexity index is 357.